The molecule has 0 atom stereocenters. The molecule has 3 nitrogen and oxygen atoms in total. The summed E-state index contributed by atoms with van der Waals surface area (Å²) in [6.07, 6.45) is 3.02. The van der Waals surface area contributed by atoms with Crippen LogP contribution < -0.4 is 5.32 Å². The molecule has 1 aromatic heterocycles. The van der Waals surface area contributed by atoms with Crippen LogP contribution in [0.3, 0.4) is 0 Å². The molecule has 17 heavy (non-hydrogen) atoms. The topological polar surface area (TPSA) is 29.9 Å². The van der Waals surface area contributed by atoms with Crippen LogP contribution in [0.1, 0.15) is 18.2 Å². The standard InChI is InChI=1S/C14H19N3/c1-4-11-5-7-12(8-6-11)13-9-16-17(3)14(13)10-15-2/h5-9,15H,4,10H2,1-3H3. The summed E-state index contributed by atoms with van der Waals surface area (Å²) >= 11 is 0. The molecule has 0 spiro atoms. The zero-order valence-electron chi connectivity index (χ0n) is 10.7. The van der Waals surface area contributed by atoms with Crippen molar-refractivity contribution in [2.24, 2.45) is 7.05 Å². The second-order valence-corrected chi connectivity index (χ2v) is 4.21. The minimum Gasteiger partial charge on any atom is -0.314 e. The van der Waals surface area contributed by atoms with E-state index in [1.807, 2.05) is 25.0 Å². The van der Waals surface area contributed by atoms with E-state index in [0.29, 0.717) is 0 Å². The third-order valence-corrected chi connectivity index (χ3v) is 3.08. The summed E-state index contributed by atoms with van der Waals surface area (Å²) in [7, 11) is 3.94. The monoisotopic (exact) mass is 229 g/mol. The predicted octanol–water partition coefficient (Wildman–Crippen LogP) is 2.37. The quantitative estimate of drug-likeness (QED) is 0.872. The van der Waals surface area contributed by atoms with Crippen molar-refractivity contribution >= 4 is 0 Å². The van der Waals surface area contributed by atoms with Crippen LogP contribution in [0.15, 0.2) is 30.5 Å². The summed E-state index contributed by atoms with van der Waals surface area (Å²) in [5, 5.41) is 7.51. The van der Waals surface area contributed by atoms with Gasteiger partial charge in [0.1, 0.15) is 0 Å². The fourth-order valence-corrected chi connectivity index (χ4v) is 2.00. The number of nitrogens with zero attached hydrogens (tertiary/aromatic N) is 2. The van der Waals surface area contributed by atoms with E-state index in [1.165, 1.54) is 22.4 Å². The Hall–Kier alpha value is -1.61. The Bertz CT molecular complexity index is 483. The Morgan fingerprint density at radius 3 is 2.53 bits per heavy atom. The normalized spacial score (nSPS) is 10.8. The van der Waals surface area contributed by atoms with Crippen LogP contribution in [0, 0.1) is 0 Å². The number of aryl methyl sites for hydroxylation is 2. The summed E-state index contributed by atoms with van der Waals surface area (Å²) in [6, 6.07) is 8.72. The first-order chi connectivity index (χ1) is 8.26. The van der Waals surface area contributed by atoms with Gasteiger partial charge in [-0.2, -0.15) is 5.10 Å². The average Bonchev–Trinajstić information content (AvgIpc) is 2.72. The predicted molar refractivity (Wildman–Crippen MR) is 70.8 cm³/mol. The molecular formula is C14H19N3. The molecule has 0 fully saturated rings. The highest BCUT2D eigenvalue weighted by molar-refractivity contribution is 5.65. The van der Waals surface area contributed by atoms with Gasteiger partial charge in [-0.3, -0.25) is 4.68 Å². The van der Waals surface area contributed by atoms with Crippen molar-refractivity contribution in [2.45, 2.75) is 19.9 Å². The molecule has 2 rings (SSSR count). The lowest BCUT2D eigenvalue weighted by Gasteiger charge is -2.06. The zero-order chi connectivity index (χ0) is 12.3. The molecule has 0 aliphatic rings. The van der Waals surface area contributed by atoms with Crippen LogP contribution in [-0.4, -0.2) is 16.8 Å². The van der Waals surface area contributed by atoms with Gasteiger partial charge in [0.05, 0.1) is 11.9 Å². The smallest absolute Gasteiger partial charge is 0.0597 e. The van der Waals surface area contributed by atoms with Crippen molar-refractivity contribution in [3.05, 3.63) is 41.7 Å². The van der Waals surface area contributed by atoms with Crippen LogP contribution in [0.4, 0.5) is 0 Å². The van der Waals surface area contributed by atoms with Gasteiger partial charge < -0.3 is 5.32 Å². The highest BCUT2D eigenvalue weighted by Gasteiger charge is 2.09. The fourth-order valence-electron chi connectivity index (χ4n) is 2.00. The number of hydrogen-bond donors (Lipinski definition) is 1. The lowest BCUT2D eigenvalue weighted by molar-refractivity contribution is 0.673. The molecule has 90 valence electrons. The molecule has 2 aromatic rings. The lowest BCUT2D eigenvalue weighted by Crippen LogP contribution is -2.10. The molecule has 0 aliphatic carbocycles. The van der Waals surface area contributed by atoms with E-state index >= 15 is 0 Å². The maximum Gasteiger partial charge on any atom is 0.0597 e. The summed E-state index contributed by atoms with van der Waals surface area (Å²) in [6.45, 7) is 3.01. The minimum absolute atomic E-state index is 0.835. The molecule has 1 N–H and O–H groups in total. The van der Waals surface area contributed by atoms with Gasteiger partial charge in [0.15, 0.2) is 0 Å². The third kappa shape index (κ3) is 2.39. The zero-order valence-corrected chi connectivity index (χ0v) is 10.7. The molecule has 1 aromatic carbocycles. The van der Waals surface area contributed by atoms with Crippen LogP contribution in [0.25, 0.3) is 11.1 Å². The molecule has 0 radical (unpaired) electrons. The van der Waals surface area contributed by atoms with Gasteiger partial charge in [0, 0.05) is 19.2 Å². The van der Waals surface area contributed by atoms with Crippen molar-refractivity contribution in [1.29, 1.82) is 0 Å². The second-order valence-electron chi connectivity index (χ2n) is 4.21. The largest absolute Gasteiger partial charge is 0.314 e. The summed E-state index contributed by atoms with van der Waals surface area (Å²) in [4.78, 5) is 0. The maximum atomic E-state index is 4.33. The molecular weight excluding hydrogens is 210 g/mol. The van der Waals surface area contributed by atoms with Gasteiger partial charge in [0.2, 0.25) is 0 Å². The van der Waals surface area contributed by atoms with Gasteiger partial charge in [-0.25, -0.2) is 0 Å². The summed E-state index contributed by atoms with van der Waals surface area (Å²) < 4.78 is 1.93. The minimum atomic E-state index is 0.835. The van der Waals surface area contributed by atoms with E-state index in [-0.39, 0.29) is 0 Å². The molecule has 0 aliphatic heterocycles. The number of benzene rings is 1. The van der Waals surface area contributed by atoms with Crippen LogP contribution in [-0.2, 0) is 20.0 Å². The van der Waals surface area contributed by atoms with Crippen LogP contribution in [0.2, 0.25) is 0 Å². The first-order valence-electron chi connectivity index (χ1n) is 6.01. The van der Waals surface area contributed by atoms with Crippen molar-refractivity contribution < 1.29 is 0 Å². The Morgan fingerprint density at radius 2 is 1.94 bits per heavy atom. The average molecular weight is 229 g/mol. The summed E-state index contributed by atoms with van der Waals surface area (Å²) in [5.74, 6) is 0. The van der Waals surface area contributed by atoms with Gasteiger partial charge in [-0.15, -0.1) is 0 Å². The SMILES string of the molecule is CCc1ccc(-c2cnn(C)c2CNC)cc1. The Kier molecular flexibility index (Phi) is 3.59. The molecule has 0 saturated carbocycles. The maximum absolute atomic E-state index is 4.33. The van der Waals surface area contributed by atoms with E-state index in [4.69, 9.17) is 0 Å². The van der Waals surface area contributed by atoms with Crippen LogP contribution in [0.5, 0.6) is 0 Å². The number of nitrogens with one attached hydrogen (secondary N) is 1. The van der Waals surface area contributed by atoms with Gasteiger partial charge in [-0.05, 0) is 24.6 Å². The lowest BCUT2D eigenvalue weighted by atomic mass is 10.0. The van der Waals surface area contributed by atoms with E-state index in [0.717, 1.165) is 13.0 Å². The Labute approximate surface area is 102 Å². The highest BCUT2D eigenvalue weighted by Crippen LogP contribution is 2.23. The fraction of sp³-hybridized carbons (Fsp3) is 0.357. The van der Waals surface area contributed by atoms with Crippen molar-refractivity contribution in [2.75, 3.05) is 7.05 Å². The molecule has 0 saturated heterocycles. The van der Waals surface area contributed by atoms with Gasteiger partial charge >= 0.3 is 0 Å². The Balaban J connectivity index is 2.38. The van der Waals surface area contributed by atoms with Crippen molar-refractivity contribution in [3.8, 4) is 11.1 Å². The Morgan fingerprint density at radius 1 is 1.24 bits per heavy atom. The highest BCUT2D eigenvalue weighted by atomic mass is 15.3. The van der Waals surface area contributed by atoms with Gasteiger partial charge in [0.25, 0.3) is 0 Å². The molecule has 0 amide bonds. The first kappa shape index (κ1) is 11.9. The van der Waals surface area contributed by atoms with E-state index in [9.17, 15) is 0 Å². The van der Waals surface area contributed by atoms with E-state index < -0.39 is 0 Å². The third-order valence-electron chi connectivity index (χ3n) is 3.08. The van der Waals surface area contributed by atoms with Gasteiger partial charge in [-0.1, -0.05) is 31.2 Å². The molecule has 1 heterocycles. The number of aromatic nitrogens is 2. The summed E-state index contributed by atoms with van der Waals surface area (Å²) in [5.41, 5.74) is 5.04. The van der Waals surface area contributed by atoms with E-state index in [2.05, 4.69) is 41.6 Å². The molecule has 3 heteroatoms. The molecule has 0 bridgehead atoms. The van der Waals surface area contributed by atoms with Crippen molar-refractivity contribution in [1.82, 2.24) is 15.1 Å². The van der Waals surface area contributed by atoms with Crippen LogP contribution >= 0.6 is 0 Å². The number of hydrogen-bond acceptors (Lipinski definition) is 2. The molecule has 0 unspecified atom stereocenters. The first-order valence-corrected chi connectivity index (χ1v) is 6.01. The number of rotatable bonds is 4. The second kappa shape index (κ2) is 5.15. The van der Waals surface area contributed by atoms with Crippen molar-refractivity contribution in [3.63, 3.8) is 0 Å². The van der Waals surface area contributed by atoms with E-state index in [1.54, 1.807) is 0 Å².